The van der Waals surface area contributed by atoms with E-state index in [1.807, 2.05) is 0 Å². The number of likely N-dealkylation sites (N-methyl/N-ethyl adjacent to an activating group) is 1. The summed E-state index contributed by atoms with van der Waals surface area (Å²) in [6.07, 6.45) is 6.12. The van der Waals surface area contributed by atoms with Crippen LogP contribution in [0.5, 0.6) is 11.5 Å². The van der Waals surface area contributed by atoms with Crippen molar-refractivity contribution in [1.82, 2.24) is 10.2 Å². The van der Waals surface area contributed by atoms with Gasteiger partial charge in [0.1, 0.15) is 6.10 Å². The van der Waals surface area contributed by atoms with Crippen molar-refractivity contribution in [3.8, 4) is 11.5 Å². The van der Waals surface area contributed by atoms with Crippen LogP contribution in [0.2, 0.25) is 0 Å². The molecule has 0 amide bonds. The maximum absolute atomic E-state index is 12.3. The summed E-state index contributed by atoms with van der Waals surface area (Å²) in [5.74, 6) is 1.71. The number of likely N-dealkylation sites (tertiary alicyclic amines) is 1. The number of ether oxygens (including phenoxy) is 1. The lowest BCUT2D eigenvalue weighted by atomic mass is 9.48. The fraction of sp³-hybridized carbons (Fsp3) is 0.727. The van der Waals surface area contributed by atoms with E-state index in [4.69, 9.17) is 4.74 Å². The summed E-state index contributed by atoms with van der Waals surface area (Å²) in [4.78, 5) is 2.58. The Labute approximate surface area is 160 Å². The molecule has 5 nitrogen and oxygen atoms in total. The highest BCUT2D eigenvalue weighted by Gasteiger charge is 2.72. The summed E-state index contributed by atoms with van der Waals surface area (Å²) < 4.78 is 6.48. The average Bonchev–Trinajstić information content (AvgIpc) is 3.39. The van der Waals surface area contributed by atoms with E-state index >= 15 is 0 Å². The molecule has 3 aliphatic carbocycles. The number of hydrogen-bond acceptors (Lipinski definition) is 5. The molecule has 6 rings (SSSR count). The Bertz CT molecular complexity index is 794. The standard InChI is InChI=1S/C22H30N2O3/c1-2-23-15-7-8-22(26)17-11-14-5-6-16(25)19-18(14)21(22,20(15)27-19)9-10-24(17)12-13-3-4-13/h5-6,13,15,17,20,23,25-26H,2-4,7-12H2,1H3/t15-,17?,20+,21+,22-/m0/s1. The molecule has 2 bridgehead atoms. The van der Waals surface area contributed by atoms with Crippen LogP contribution >= 0.6 is 0 Å². The molecule has 0 aromatic heterocycles. The van der Waals surface area contributed by atoms with Gasteiger partial charge >= 0.3 is 0 Å². The van der Waals surface area contributed by atoms with Gasteiger partial charge in [-0.05, 0) is 69.2 Å². The molecule has 0 radical (unpaired) electrons. The number of benzene rings is 1. The first-order valence-electron chi connectivity index (χ1n) is 10.8. The van der Waals surface area contributed by atoms with Gasteiger partial charge in [0.2, 0.25) is 0 Å². The number of phenolic OH excluding ortho intramolecular Hbond substituents is 1. The zero-order chi connectivity index (χ0) is 18.4. The van der Waals surface area contributed by atoms with Crippen LogP contribution in [-0.2, 0) is 11.8 Å². The Morgan fingerprint density at radius 2 is 2.11 bits per heavy atom. The molecule has 1 unspecified atom stereocenters. The third kappa shape index (κ3) is 1.95. The minimum absolute atomic E-state index is 0.0934. The summed E-state index contributed by atoms with van der Waals surface area (Å²) in [5, 5.41) is 26.4. The predicted molar refractivity (Wildman–Crippen MR) is 102 cm³/mol. The molecule has 3 fully saturated rings. The van der Waals surface area contributed by atoms with Crippen molar-refractivity contribution < 1.29 is 14.9 Å². The first-order chi connectivity index (χ1) is 13.1. The molecule has 2 aliphatic heterocycles. The normalized spacial score (nSPS) is 41.9. The number of phenols is 1. The van der Waals surface area contributed by atoms with Gasteiger partial charge in [0.15, 0.2) is 11.5 Å². The van der Waals surface area contributed by atoms with Crippen molar-refractivity contribution >= 4 is 0 Å². The third-order valence-electron chi connectivity index (χ3n) is 8.23. The molecule has 1 saturated heterocycles. The highest BCUT2D eigenvalue weighted by atomic mass is 16.5. The van der Waals surface area contributed by atoms with E-state index in [-0.39, 0.29) is 29.4 Å². The lowest BCUT2D eigenvalue weighted by Crippen LogP contribution is -2.78. The van der Waals surface area contributed by atoms with E-state index in [1.165, 1.54) is 18.4 Å². The van der Waals surface area contributed by atoms with Crippen molar-refractivity contribution in [3.63, 3.8) is 0 Å². The van der Waals surface area contributed by atoms with E-state index in [9.17, 15) is 10.2 Å². The Balaban J connectivity index is 1.53. The minimum Gasteiger partial charge on any atom is -0.504 e. The Kier molecular flexibility index (Phi) is 3.33. The summed E-state index contributed by atoms with van der Waals surface area (Å²) in [6.45, 7) is 5.18. The first kappa shape index (κ1) is 16.6. The molecule has 2 heterocycles. The van der Waals surface area contributed by atoms with E-state index in [0.717, 1.165) is 56.8 Å². The van der Waals surface area contributed by atoms with Gasteiger partial charge in [0, 0.05) is 24.2 Å². The molecular weight excluding hydrogens is 340 g/mol. The molecule has 27 heavy (non-hydrogen) atoms. The van der Waals surface area contributed by atoms with Crippen molar-refractivity contribution in [1.29, 1.82) is 0 Å². The Hall–Kier alpha value is -1.30. The second kappa shape index (κ2) is 5.40. The molecule has 5 aliphatic rings. The van der Waals surface area contributed by atoms with E-state index in [2.05, 4.69) is 23.2 Å². The second-order valence-corrected chi connectivity index (χ2v) is 9.49. The van der Waals surface area contributed by atoms with E-state index in [1.54, 1.807) is 6.07 Å². The van der Waals surface area contributed by atoms with Crippen molar-refractivity contribution in [2.24, 2.45) is 5.92 Å². The predicted octanol–water partition coefficient (Wildman–Crippen LogP) is 1.93. The zero-order valence-electron chi connectivity index (χ0n) is 16.1. The molecule has 3 N–H and O–H groups in total. The number of nitrogens with zero attached hydrogens (tertiary/aromatic N) is 1. The first-order valence-corrected chi connectivity index (χ1v) is 10.8. The molecule has 2 saturated carbocycles. The lowest BCUT2D eigenvalue weighted by Gasteiger charge is -2.64. The van der Waals surface area contributed by atoms with Crippen LogP contribution in [0.25, 0.3) is 0 Å². The van der Waals surface area contributed by atoms with Gasteiger partial charge in [-0.25, -0.2) is 0 Å². The van der Waals surface area contributed by atoms with Crippen LogP contribution in [0.4, 0.5) is 0 Å². The van der Waals surface area contributed by atoms with Crippen LogP contribution in [0.3, 0.4) is 0 Å². The maximum Gasteiger partial charge on any atom is 0.165 e. The van der Waals surface area contributed by atoms with E-state index < -0.39 is 5.60 Å². The molecule has 146 valence electrons. The van der Waals surface area contributed by atoms with Gasteiger partial charge in [-0.15, -0.1) is 0 Å². The second-order valence-electron chi connectivity index (χ2n) is 9.49. The molecule has 5 heteroatoms. The zero-order valence-corrected chi connectivity index (χ0v) is 16.1. The summed E-state index contributed by atoms with van der Waals surface area (Å²) in [5.41, 5.74) is 1.25. The lowest BCUT2D eigenvalue weighted by molar-refractivity contribution is -0.191. The number of piperidine rings is 1. The van der Waals surface area contributed by atoms with Gasteiger partial charge < -0.3 is 20.3 Å². The van der Waals surface area contributed by atoms with Crippen molar-refractivity contribution in [2.45, 2.75) is 74.7 Å². The van der Waals surface area contributed by atoms with Gasteiger partial charge in [-0.3, -0.25) is 4.90 Å². The SMILES string of the molecule is CCN[C@H]1CC[C@]2(O)C3Cc4ccc(O)c5c4[C@]2(CCN3CC2CC2)[C@@H]1O5. The van der Waals surface area contributed by atoms with Gasteiger partial charge in [0.05, 0.1) is 11.0 Å². The molecule has 1 spiro atoms. The van der Waals surface area contributed by atoms with Crippen molar-refractivity contribution in [2.75, 3.05) is 19.6 Å². The van der Waals surface area contributed by atoms with Crippen LogP contribution in [0, 0.1) is 5.92 Å². The van der Waals surface area contributed by atoms with Gasteiger partial charge in [-0.1, -0.05) is 13.0 Å². The average molecular weight is 370 g/mol. The van der Waals surface area contributed by atoms with Crippen LogP contribution in [0.15, 0.2) is 12.1 Å². The summed E-state index contributed by atoms with van der Waals surface area (Å²) in [6, 6.07) is 4.26. The number of rotatable bonds is 4. The van der Waals surface area contributed by atoms with Crippen LogP contribution in [-0.4, -0.2) is 58.5 Å². The van der Waals surface area contributed by atoms with Crippen molar-refractivity contribution in [3.05, 3.63) is 23.3 Å². The highest BCUT2D eigenvalue weighted by Crippen LogP contribution is 2.65. The Morgan fingerprint density at radius 1 is 1.26 bits per heavy atom. The smallest absolute Gasteiger partial charge is 0.165 e. The maximum atomic E-state index is 12.3. The summed E-state index contributed by atoms with van der Waals surface area (Å²) >= 11 is 0. The number of hydrogen-bond donors (Lipinski definition) is 3. The largest absolute Gasteiger partial charge is 0.504 e. The number of aromatic hydroxyl groups is 1. The molecule has 1 aromatic carbocycles. The minimum atomic E-state index is -0.761. The number of aliphatic hydroxyl groups is 1. The van der Waals surface area contributed by atoms with Gasteiger partial charge in [0.25, 0.3) is 0 Å². The molecule has 1 aromatic rings. The number of nitrogens with one attached hydrogen (secondary N) is 1. The monoisotopic (exact) mass is 370 g/mol. The fourth-order valence-corrected chi connectivity index (χ4v) is 6.95. The molecular formula is C22H30N2O3. The van der Waals surface area contributed by atoms with Crippen LogP contribution < -0.4 is 10.1 Å². The Morgan fingerprint density at radius 3 is 2.89 bits per heavy atom. The topological polar surface area (TPSA) is 65.0 Å². The van der Waals surface area contributed by atoms with E-state index in [0.29, 0.717) is 5.75 Å². The summed E-state index contributed by atoms with van der Waals surface area (Å²) in [7, 11) is 0. The van der Waals surface area contributed by atoms with Crippen LogP contribution in [0.1, 0.15) is 50.2 Å². The highest BCUT2D eigenvalue weighted by molar-refractivity contribution is 5.62. The third-order valence-corrected chi connectivity index (χ3v) is 8.23. The van der Waals surface area contributed by atoms with Gasteiger partial charge in [-0.2, -0.15) is 0 Å². The fourth-order valence-electron chi connectivity index (χ4n) is 6.95. The quantitative estimate of drug-likeness (QED) is 0.756. The molecule has 5 atom stereocenters.